The summed E-state index contributed by atoms with van der Waals surface area (Å²) in [7, 11) is 0. The average Bonchev–Trinajstić information content (AvgIpc) is 3.74. The van der Waals surface area contributed by atoms with E-state index in [1.54, 1.807) is 0 Å². The van der Waals surface area contributed by atoms with E-state index in [2.05, 4.69) is 174 Å². The highest BCUT2D eigenvalue weighted by Gasteiger charge is 2.17. The molecule has 0 unspecified atom stereocenters. The van der Waals surface area contributed by atoms with Gasteiger partial charge in [0, 0.05) is 53.3 Å². The standard InChI is InChI=1S/C47H28N4S/c1-2-11-30-24-34(21-20-29(30)10-1)46-48-45(49-47(50-46)35-22-23-44-40(27-35)38-17-6-8-19-43(38)52-44)33-14-9-15-36(25-33)51-41-18-7-5-16-37(41)39-26-31-12-3-4-13-32(31)28-42(39)51/h1-28H. The summed E-state index contributed by atoms with van der Waals surface area (Å²) in [6.45, 7) is 0. The molecule has 3 aromatic heterocycles. The molecule has 0 radical (unpaired) electrons. The average molecular weight is 681 g/mol. The first-order valence-corrected chi connectivity index (χ1v) is 18.2. The van der Waals surface area contributed by atoms with Crippen LogP contribution in [-0.2, 0) is 0 Å². The maximum absolute atomic E-state index is 5.19. The summed E-state index contributed by atoms with van der Waals surface area (Å²) in [4.78, 5) is 15.5. The summed E-state index contributed by atoms with van der Waals surface area (Å²) >= 11 is 1.81. The molecule has 0 aliphatic carbocycles. The second kappa shape index (κ2) is 11.4. The molecular weight excluding hydrogens is 653 g/mol. The zero-order valence-corrected chi connectivity index (χ0v) is 28.7. The lowest BCUT2D eigenvalue weighted by Gasteiger charge is -2.12. The quantitative estimate of drug-likeness (QED) is 0.186. The number of thiophene rings is 1. The molecule has 0 aliphatic rings. The minimum absolute atomic E-state index is 0.636. The van der Waals surface area contributed by atoms with Crippen molar-refractivity contribution >= 4 is 74.9 Å². The van der Waals surface area contributed by atoms with Crippen molar-refractivity contribution in [2.45, 2.75) is 0 Å². The third-order valence-electron chi connectivity index (χ3n) is 10.2. The van der Waals surface area contributed by atoms with Crippen LogP contribution in [0.3, 0.4) is 0 Å². The molecule has 4 nitrogen and oxygen atoms in total. The van der Waals surface area contributed by atoms with Gasteiger partial charge in [0.25, 0.3) is 0 Å². The lowest BCUT2D eigenvalue weighted by molar-refractivity contribution is 1.07. The van der Waals surface area contributed by atoms with Crippen molar-refractivity contribution in [1.29, 1.82) is 0 Å². The van der Waals surface area contributed by atoms with Gasteiger partial charge in [0.2, 0.25) is 0 Å². The molecule has 0 saturated carbocycles. The van der Waals surface area contributed by atoms with E-state index >= 15 is 0 Å². The predicted octanol–water partition coefficient (Wildman–Crippen LogP) is 12.6. The van der Waals surface area contributed by atoms with Crippen LogP contribution in [0.15, 0.2) is 170 Å². The van der Waals surface area contributed by atoms with Crippen LogP contribution < -0.4 is 0 Å². The van der Waals surface area contributed by atoms with E-state index in [0.29, 0.717) is 17.5 Å². The van der Waals surface area contributed by atoms with Gasteiger partial charge in [0.15, 0.2) is 17.5 Å². The van der Waals surface area contributed by atoms with Gasteiger partial charge in [-0.15, -0.1) is 11.3 Å². The van der Waals surface area contributed by atoms with Crippen molar-refractivity contribution in [1.82, 2.24) is 19.5 Å². The second-order valence-corrected chi connectivity index (χ2v) is 14.4. The highest BCUT2D eigenvalue weighted by atomic mass is 32.1. The van der Waals surface area contributed by atoms with Crippen LogP contribution in [0, 0.1) is 0 Å². The molecule has 0 spiro atoms. The Balaban J connectivity index is 1.13. The summed E-state index contributed by atoms with van der Waals surface area (Å²) in [5.74, 6) is 1.94. The largest absolute Gasteiger partial charge is 0.309 e. The molecule has 242 valence electrons. The zero-order chi connectivity index (χ0) is 34.2. The lowest BCUT2D eigenvalue weighted by Crippen LogP contribution is -2.01. The SMILES string of the molecule is c1cc(-c2nc(-c3ccc4ccccc4c3)nc(-c3ccc4sc5ccccc5c4c3)n2)cc(-n2c3ccccc3c3cc4ccccc4cc32)c1. The lowest BCUT2D eigenvalue weighted by atomic mass is 10.1. The molecule has 0 N–H and O–H groups in total. The molecule has 0 saturated heterocycles. The summed E-state index contributed by atoms with van der Waals surface area (Å²) < 4.78 is 4.89. The monoisotopic (exact) mass is 680 g/mol. The van der Waals surface area contributed by atoms with E-state index in [4.69, 9.17) is 15.0 Å². The Morgan fingerprint density at radius 1 is 0.346 bits per heavy atom. The number of fused-ring (bicyclic) bond motifs is 8. The van der Waals surface area contributed by atoms with Gasteiger partial charge in [-0.25, -0.2) is 15.0 Å². The van der Waals surface area contributed by atoms with Crippen molar-refractivity contribution in [2.24, 2.45) is 0 Å². The molecule has 11 aromatic rings. The number of hydrogen-bond donors (Lipinski definition) is 0. The summed E-state index contributed by atoms with van der Waals surface area (Å²) in [5.41, 5.74) is 6.23. The molecule has 0 aliphatic heterocycles. The molecule has 0 fully saturated rings. The highest BCUT2D eigenvalue weighted by Crippen LogP contribution is 2.38. The molecule has 5 heteroatoms. The first-order chi connectivity index (χ1) is 25.7. The van der Waals surface area contributed by atoms with Gasteiger partial charge in [-0.3, -0.25) is 0 Å². The molecule has 0 bridgehead atoms. The maximum atomic E-state index is 5.19. The van der Waals surface area contributed by atoms with E-state index in [9.17, 15) is 0 Å². The normalized spacial score (nSPS) is 11.8. The Kier molecular flexibility index (Phi) is 6.39. The van der Waals surface area contributed by atoms with E-state index < -0.39 is 0 Å². The minimum atomic E-state index is 0.636. The van der Waals surface area contributed by atoms with Crippen LogP contribution in [0.2, 0.25) is 0 Å². The van der Waals surface area contributed by atoms with Gasteiger partial charge < -0.3 is 4.57 Å². The van der Waals surface area contributed by atoms with Gasteiger partial charge in [-0.2, -0.15) is 0 Å². The van der Waals surface area contributed by atoms with E-state index in [0.717, 1.165) is 33.3 Å². The topological polar surface area (TPSA) is 43.6 Å². The molecule has 8 aromatic carbocycles. The number of benzene rings is 8. The molecule has 52 heavy (non-hydrogen) atoms. The van der Waals surface area contributed by atoms with E-state index in [1.165, 1.54) is 52.6 Å². The third-order valence-corrected chi connectivity index (χ3v) is 11.3. The number of hydrogen-bond acceptors (Lipinski definition) is 4. The summed E-state index contributed by atoms with van der Waals surface area (Å²) in [6, 6.07) is 60.4. The Hall–Kier alpha value is -6.69. The first kappa shape index (κ1) is 29.1. The number of aromatic nitrogens is 4. The Bertz CT molecular complexity index is 3210. The van der Waals surface area contributed by atoms with Crippen molar-refractivity contribution < 1.29 is 0 Å². The van der Waals surface area contributed by atoms with Crippen molar-refractivity contribution in [3.8, 4) is 39.9 Å². The summed E-state index contributed by atoms with van der Waals surface area (Å²) in [5, 5.41) is 9.71. The number of para-hydroxylation sites is 1. The van der Waals surface area contributed by atoms with Gasteiger partial charge in [0.05, 0.1) is 11.0 Å². The van der Waals surface area contributed by atoms with Crippen LogP contribution in [-0.4, -0.2) is 19.5 Å². The number of rotatable bonds is 4. The van der Waals surface area contributed by atoms with E-state index in [1.807, 2.05) is 11.3 Å². The van der Waals surface area contributed by atoms with Gasteiger partial charge in [-0.1, -0.05) is 109 Å². The predicted molar refractivity (Wildman–Crippen MR) is 218 cm³/mol. The third kappa shape index (κ3) is 4.64. The fourth-order valence-corrected chi connectivity index (χ4v) is 8.76. The van der Waals surface area contributed by atoms with Gasteiger partial charge >= 0.3 is 0 Å². The molecule has 3 heterocycles. The second-order valence-electron chi connectivity index (χ2n) is 13.3. The Morgan fingerprint density at radius 2 is 0.942 bits per heavy atom. The van der Waals surface area contributed by atoms with Crippen molar-refractivity contribution in [3.63, 3.8) is 0 Å². The van der Waals surface area contributed by atoms with Crippen molar-refractivity contribution in [3.05, 3.63) is 170 Å². The Labute approximate surface area is 302 Å². The fraction of sp³-hybridized carbons (Fsp3) is 0. The summed E-state index contributed by atoms with van der Waals surface area (Å²) in [6.07, 6.45) is 0. The molecule has 11 rings (SSSR count). The van der Waals surface area contributed by atoms with Crippen molar-refractivity contribution in [2.75, 3.05) is 0 Å². The van der Waals surface area contributed by atoms with Crippen LogP contribution >= 0.6 is 11.3 Å². The molecular formula is C47H28N4S. The maximum Gasteiger partial charge on any atom is 0.164 e. The Morgan fingerprint density at radius 3 is 1.75 bits per heavy atom. The van der Waals surface area contributed by atoms with Gasteiger partial charge in [0.1, 0.15) is 0 Å². The number of nitrogens with zero attached hydrogens (tertiary/aromatic N) is 4. The highest BCUT2D eigenvalue weighted by molar-refractivity contribution is 7.25. The zero-order valence-electron chi connectivity index (χ0n) is 27.9. The molecule has 0 amide bonds. The van der Waals surface area contributed by atoms with Crippen LogP contribution in [0.5, 0.6) is 0 Å². The first-order valence-electron chi connectivity index (χ1n) is 17.4. The smallest absolute Gasteiger partial charge is 0.164 e. The molecule has 0 atom stereocenters. The van der Waals surface area contributed by atoms with Crippen LogP contribution in [0.25, 0.3) is 103 Å². The van der Waals surface area contributed by atoms with E-state index in [-0.39, 0.29) is 0 Å². The van der Waals surface area contributed by atoms with Crippen LogP contribution in [0.1, 0.15) is 0 Å². The minimum Gasteiger partial charge on any atom is -0.309 e. The fourth-order valence-electron chi connectivity index (χ4n) is 7.67. The van der Waals surface area contributed by atoms with Crippen LogP contribution in [0.4, 0.5) is 0 Å². The van der Waals surface area contributed by atoms with Gasteiger partial charge in [-0.05, 0) is 82.2 Å².